The molecule has 0 bridgehead atoms. The summed E-state index contributed by atoms with van der Waals surface area (Å²) in [5.74, 6) is 1.71. The van der Waals surface area contributed by atoms with Crippen molar-refractivity contribution in [2.45, 2.75) is 26.4 Å². The molecule has 6 heteroatoms. The molecule has 104 valence electrons. The number of aryl methyl sites for hydroxylation is 1. The Kier molecular flexibility index (Phi) is 3.73. The first-order valence-corrected chi connectivity index (χ1v) is 6.79. The van der Waals surface area contributed by atoms with Crippen molar-refractivity contribution in [1.29, 1.82) is 0 Å². The second-order valence-corrected chi connectivity index (χ2v) is 4.52. The van der Waals surface area contributed by atoms with E-state index >= 15 is 0 Å². The van der Waals surface area contributed by atoms with Gasteiger partial charge in [-0.2, -0.15) is 4.98 Å². The lowest BCUT2D eigenvalue weighted by Gasteiger charge is -2.06. The van der Waals surface area contributed by atoms with E-state index < -0.39 is 0 Å². The summed E-state index contributed by atoms with van der Waals surface area (Å²) in [5, 5.41) is 6.95. The third-order valence-electron chi connectivity index (χ3n) is 3.26. The first-order chi connectivity index (χ1) is 9.88. The molecule has 1 N–H and O–H groups in total. The van der Waals surface area contributed by atoms with Gasteiger partial charge in [0.1, 0.15) is 5.82 Å². The summed E-state index contributed by atoms with van der Waals surface area (Å²) in [4.78, 5) is 8.66. The van der Waals surface area contributed by atoms with E-state index in [0.717, 1.165) is 37.4 Å². The number of hydrogen-bond acceptors (Lipinski definition) is 5. The van der Waals surface area contributed by atoms with Crippen LogP contribution in [0.3, 0.4) is 0 Å². The van der Waals surface area contributed by atoms with Crippen LogP contribution in [0.5, 0.6) is 0 Å². The van der Waals surface area contributed by atoms with Gasteiger partial charge < -0.3 is 14.4 Å². The molecule has 6 nitrogen and oxygen atoms in total. The van der Waals surface area contributed by atoms with E-state index in [1.165, 1.54) is 11.8 Å². The summed E-state index contributed by atoms with van der Waals surface area (Å²) in [6.07, 6.45) is 2.15. The second kappa shape index (κ2) is 5.83. The molecule has 3 aromatic rings. The van der Waals surface area contributed by atoms with Crippen LogP contribution in [0.1, 0.15) is 18.6 Å². The molecule has 0 unspecified atom stereocenters. The number of nitrogens with zero attached hydrogens (tertiary/aromatic N) is 4. The van der Waals surface area contributed by atoms with E-state index in [1.54, 1.807) is 0 Å². The van der Waals surface area contributed by atoms with E-state index in [9.17, 15) is 0 Å². The Morgan fingerprint density at radius 2 is 2.20 bits per heavy atom. The lowest BCUT2D eigenvalue weighted by atomic mass is 10.3. The minimum Gasteiger partial charge on any atom is -0.340 e. The summed E-state index contributed by atoms with van der Waals surface area (Å²) in [6.45, 7) is 4.57. The van der Waals surface area contributed by atoms with Gasteiger partial charge in [-0.05, 0) is 19.1 Å². The highest BCUT2D eigenvalue weighted by molar-refractivity contribution is 5.75. The highest BCUT2D eigenvalue weighted by Crippen LogP contribution is 2.15. The van der Waals surface area contributed by atoms with Crippen molar-refractivity contribution >= 4 is 11.0 Å². The molecule has 0 aliphatic rings. The molecule has 0 saturated carbocycles. The normalized spacial score (nSPS) is 11.2. The first kappa shape index (κ1) is 12.8. The van der Waals surface area contributed by atoms with Gasteiger partial charge in [0, 0.05) is 19.5 Å². The van der Waals surface area contributed by atoms with Crippen molar-refractivity contribution < 1.29 is 4.52 Å². The second-order valence-electron chi connectivity index (χ2n) is 4.52. The molecule has 0 atom stereocenters. The van der Waals surface area contributed by atoms with Crippen LogP contribution in [-0.2, 0) is 19.5 Å². The van der Waals surface area contributed by atoms with Crippen molar-refractivity contribution in [3.8, 4) is 0 Å². The highest BCUT2D eigenvalue weighted by atomic mass is 16.5. The van der Waals surface area contributed by atoms with Gasteiger partial charge in [-0.15, -0.1) is 0 Å². The van der Waals surface area contributed by atoms with E-state index in [-0.39, 0.29) is 0 Å². The van der Waals surface area contributed by atoms with Crippen LogP contribution in [0.4, 0.5) is 0 Å². The molecule has 2 aromatic heterocycles. The third-order valence-corrected chi connectivity index (χ3v) is 3.26. The number of hydrogen-bond donors (Lipinski definition) is 1. The van der Waals surface area contributed by atoms with Crippen LogP contribution in [0.15, 0.2) is 35.1 Å². The fourth-order valence-electron chi connectivity index (χ4n) is 2.31. The van der Waals surface area contributed by atoms with Crippen molar-refractivity contribution in [1.82, 2.24) is 25.0 Å². The fourth-order valence-corrected chi connectivity index (χ4v) is 2.31. The molecule has 0 fully saturated rings. The van der Waals surface area contributed by atoms with Crippen molar-refractivity contribution in [2.75, 3.05) is 6.54 Å². The minimum absolute atomic E-state index is 0.654. The number of benzene rings is 1. The van der Waals surface area contributed by atoms with Gasteiger partial charge in [-0.1, -0.05) is 17.3 Å². The largest absolute Gasteiger partial charge is 0.340 e. The molecule has 0 spiro atoms. The molecule has 20 heavy (non-hydrogen) atoms. The topological polar surface area (TPSA) is 68.8 Å². The van der Waals surface area contributed by atoms with E-state index in [0.29, 0.717) is 5.89 Å². The predicted octanol–water partition coefficient (Wildman–Crippen LogP) is 1.77. The maximum Gasteiger partial charge on any atom is 0.227 e. The highest BCUT2D eigenvalue weighted by Gasteiger charge is 2.08. The Bertz CT molecular complexity index is 674. The first-order valence-electron chi connectivity index (χ1n) is 6.79. The Balaban J connectivity index is 1.65. The SMILES string of the molecule is CCn1c(CNCCc2ncno2)nc2ccccc21. The average Bonchev–Trinajstić information content (AvgIpc) is 3.10. The molecule has 1 aromatic carbocycles. The van der Waals surface area contributed by atoms with Crippen LogP contribution in [0.2, 0.25) is 0 Å². The lowest BCUT2D eigenvalue weighted by Crippen LogP contribution is -2.19. The van der Waals surface area contributed by atoms with Gasteiger partial charge in [-0.25, -0.2) is 4.98 Å². The predicted molar refractivity (Wildman–Crippen MR) is 75.1 cm³/mol. The molecule has 2 heterocycles. The van der Waals surface area contributed by atoms with Crippen LogP contribution in [0.25, 0.3) is 11.0 Å². The van der Waals surface area contributed by atoms with Crippen LogP contribution >= 0.6 is 0 Å². The van der Waals surface area contributed by atoms with Crippen molar-refractivity contribution in [3.05, 3.63) is 42.3 Å². The lowest BCUT2D eigenvalue weighted by molar-refractivity contribution is 0.374. The molecule has 0 radical (unpaired) electrons. The zero-order chi connectivity index (χ0) is 13.8. The Morgan fingerprint density at radius 3 is 3.00 bits per heavy atom. The molecular formula is C14H17N5O. The number of aromatic nitrogens is 4. The zero-order valence-electron chi connectivity index (χ0n) is 11.4. The van der Waals surface area contributed by atoms with Gasteiger partial charge in [0.2, 0.25) is 5.89 Å². The number of nitrogens with one attached hydrogen (secondary N) is 1. The molecule has 0 saturated heterocycles. The zero-order valence-corrected chi connectivity index (χ0v) is 11.4. The van der Waals surface area contributed by atoms with E-state index in [2.05, 4.69) is 38.0 Å². The smallest absolute Gasteiger partial charge is 0.227 e. The van der Waals surface area contributed by atoms with Gasteiger partial charge in [0.25, 0.3) is 0 Å². The molecule has 3 rings (SSSR count). The maximum atomic E-state index is 4.96. The van der Waals surface area contributed by atoms with Crippen LogP contribution in [0, 0.1) is 0 Å². The summed E-state index contributed by atoms with van der Waals surface area (Å²) < 4.78 is 7.19. The number of rotatable bonds is 6. The molecule has 0 amide bonds. The summed E-state index contributed by atoms with van der Waals surface area (Å²) in [6, 6.07) is 8.21. The Labute approximate surface area is 116 Å². The molecular weight excluding hydrogens is 254 g/mol. The number of para-hydroxylation sites is 2. The molecule has 0 aliphatic carbocycles. The Hall–Kier alpha value is -2.21. The Morgan fingerprint density at radius 1 is 1.30 bits per heavy atom. The summed E-state index contributed by atoms with van der Waals surface area (Å²) in [7, 11) is 0. The van der Waals surface area contributed by atoms with Gasteiger partial charge >= 0.3 is 0 Å². The molecule has 0 aliphatic heterocycles. The van der Waals surface area contributed by atoms with Gasteiger partial charge in [0.15, 0.2) is 6.33 Å². The monoisotopic (exact) mass is 271 g/mol. The number of imidazole rings is 1. The van der Waals surface area contributed by atoms with Crippen LogP contribution < -0.4 is 5.32 Å². The maximum absolute atomic E-state index is 4.96. The average molecular weight is 271 g/mol. The van der Waals surface area contributed by atoms with Crippen molar-refractivity contribution in [3.63, 3.8) is 0 Å². The van der Waals surface area contributed by atoms with Crippen molar-refractivity contribution in [2.24, 2.45) is 0 Å². The van der Waals surface area contributed by atoms with E-state index in [1.807, 2.05) is 18.2 Å². The van der Waals surface area contributed by atoms with Gasteiger partial charge in [-0.3, -0.25) is 0 Å². The summed E-state index contributed by atoms with van der Waals surface area (Å²) in [5.41, 5.74) is 2.23. The van der Waals surface area contributed by atoms with E-state index in [4.69, 9.17) is 4.52 Å². The van der Waals surface area contributed by atoms with Gasteiger partial charge in [0.05, 0.1) is 17.6 Å². The van der Waals surface area contributed by atoms with Crippen LogP contribution in [-0.4, -0.2) is 26.2 Å². The third kappa shape index (κ3) is 2.55. The number of fused-ring (bicyclic) bond motifs is 1. The minimum atomic E-state index is 0.654. The quantitative estimate of drug-likeness (QED) is 0.692. The standard InChI is InChI=1S/C14H17N5O/c1-2-19-12-6-4-3-5-11(12)18-13(19)9-15-8-7-14-16-10-17-20-14/h3-6,10,15H,2,7-9H2,1H3. The summed E-state index contributed by atoms with van der Waals surface area (Å²) >= 11 is 0. The fraction of sp³-hybridized carbons (Fsp3) is 0.357.